The van der Waals surface area contributed by atoms with E-state index < -0.39 is 0 Å². The first-order valence-electron chi connectivity index (χ1n) is 19.9. The maximum Gasteiger partial charge on any atom is 0.0788 e. The van der Waals surface area contributed by atoms with Crippen LogP contribution in [0, 0.1) is 0 Å². The Bertz CT molecular complexity index is 2980. The average Bonchev–Trinajstić information content (AvgIpc) is 3.32. The van der Waals surface area contributed by atoms with Crippen LogP contribution in [0.1, 0.15) is 0 Å². The largest absolute Gasteiger partial charge is 0.247 e. The second-order valence-corrected chi connectivity index (χ2v) is 14.8. The van der Waals surface area contributed by atoms with Crippen molar-refractivity contribution in [2.24, 2.45) is 0 Å². The SMILES string of the molecule is c1ccc(-c2cccc(-c3cccc(-c4cccc(-c5cccc(-c6cc7ccccc7c(-c7cc(-c8ccccc8)cc(-c8ccccc8)c7)n6)c5)c4)c3)c2)cc1. The lowest BCUT2D eigenvalue weighted by Gasteiger charge is -2.15. The molecule has 0 saturated carbocycles. The van der Waals surface area contributed by atoms with E-state index in [1.807, 2.05) is 0 Å². The lowest BCUT2D eigenvalue weighted by molar-refractivity contribution is 1.35. The molecule has 9 aromatic carbocycles. The van der Waals surface area contributed by atoms with Gasteiger partial charge in [0.15, 0.2) is 0 Å². The summed E-state index contributed by atoms with van der Waals surface area (Å²) in [6, 6.07) is 84.9. The van der Waals surface area contributed by atoms with Gasteiger partial charge in [0.2, 0.25) is 0 Å². The fourth-order valence-corrected chi connectivity index (χ4v) is 8.05. The number of rotatable bonds is 8. The van der Waals surface area contributed by atoms with Gasteiger partial charge in [0, 0.05) is 16.5 Å². The molecule has 10 rings (SSSR count). The molecular weight excluding hydrogens is 699 g/mol. The van der Waals surface area contributed by atoms with Crippen LogP contribution in [-0.4, -0.2) is 4.98 Å². The van der Waals surface area contributed by atoms with Gasteiger partial charge in [0.05, 0.1) is 11.4 Å². The topological polar surface area (TPSA) is 12.9 Å². The van der Waals surface area contributed by atoms with Crippen LogP contribution in [0.3, 0.4) is 0 Å². The van der Waals surface area contributed by atoms with E-state index in [1.54, 1.807) is 0 Å². The van der Waals surface area contributed by atoms with Crippen LogP contribution in [0.25, 0.3) is 100 Å². The van der Waals surface area contributed by atoms with Crippen molar-refractivity contribution in [2.75, 3.05) is 0 Å². The highest BCUT2D eigenvalue weighted by Crippen LogP contribution is 2.38. The lowest BCUT2D eigenvalue weighted by Crippen LogP contribution is -1.93. The molecule has 0 saturated heterocycles. The third-order valence-electron chi connectivity index (χ3n) is 11.0. The molecule has 272 valence electrons. The molecule has 58 heavy (non-hydrogen) atoms. The Morgan fingerprint density at radius 2 is 0.517 bits per heavy atom. The highest BCUT2D eigenvalue weighted by molar-refractivity contribution is 5.98. The first-order chi connectivity index (χ1) is 28.7. The molecule has 0 fully saturated rings. The zero-order valence-electron chi connectivity index (χ0n) is 32.0. The molecular formula is C57H39N. The highest BCUT2D eigenvalue weighted by Gasteiger charge is 2.15. The Kier molecular flexibility index (Phi) is 9.31. The van der Waals surface area contributed by atoms with Gasteiger partial charge in [-0.25, -0.2) is 4.98 Å². The molecule has 1 nitrogen and oxygen atoms in total. The van der Waals surface area contributed by atoms with E-state index in [-0.39, 0.29) is 0 Å². The molecule has 1 heteroatoms. The van der Waals surface area contributed by atoms with Gasteiger partial charge in [0.25, 0.3) is 0 Å². The Balaban J connectivity index is 1.02. The summed E-state index contributed by atoms with van der Waals surface area (Å²) < 4.78 is 0. The summed E-state index contributed by atoms with van der Waals surface area (Å²) in [5.74, 6) is 0. The summed E-state index contributed by atoms with van der Waals surface area (Å²) in [5, 5.41) is 2.30. The highest BCUT2D eigenvalue weighted by atomic mass is 14.7. The molecule has 1 heterocycles. The maximum absolute atomic E-state index is 5.47. The minimum absolute atomic E-state index is 0.948. The number of pyridine rings is 1. The molecule has 0 N–H and O–H groups in total. The van der Waals surface area contributed by atoms with Crippen LogP contribution in [0.4, 0.5) is 0 Å². The predicted octanol–water partition coefficient (Wildman–Crippen LogP) is 15.6. The molecule has 0 aliphatic carbocycles. The van der Waals surface area contributed by atoms with Crippen molar-refractivity contribution in [3.05, 3.63) is 237 Å². The maximum atomic E-state index is 5.47. The molecule has 0 bridgehead atoms. The summed E-state index contributed by atoms with van der Waals surface area (Å²) in [5.41, 5.74) is 18.3. The smallest absolute Gasteiger partial charge is 0.0788 e. The molecule has 0 radical (unpaired) electrons. The Labute approximate surface area is 340 Å². The van der Waals surface area contributed by atoms with E-state index >= 15 is 0 Å². The molecule has 0 amide bonds. The number of fused-ring (bicyclic) bond motifs is 1. The van der Waals surface area contributed by atoms with Gasteiger partial charge in [-0.3, -0.25) is 0 Å². The Morgan fingerprint density at radius 1 is 0.207 bits per heavy atom. The van der Waals surface area contributed by atoms with Gasteiger partial charge in [-0.2, -0.15) is 0 Å². The van der Waals surface area contributed by atoms with Crippen LogP contribution in [-0.2, 0) is 0 Å². The summed E-state index contributed by atoms with van der Waals surface area (Å²) in [6.45, 7) is 0. The quantitative estimate of drug-likeness (QED) is 0.151. The van der Waals surface area contributed by atoms with E-state index in [1.165, 1.54) is 61.2 Å². The number of hydrogen-bond acceptors (Lipinski definition) is 1. The first kappa shape index (κ1) is 34.8. The minimum atomic E-state index is 0.948. The summed E-state index contributed by atoms with van der Waals surface area (Å²) in [6.07, 6.45) is 0. The van der Waals surface area contributed by atoms with E-state index in [4.69, 9.17) is 4.98 Å². The van der Waals surface area contributed by atoms with E-state index in [9.17, 15) is 0 Å². The van der Waals surface area contributed by atoms with E-state index in [0.29, 0.717) is 0 Å². The summed E-state index contributed by atoms with van der Waals surface area (Å²) in [4.78, 5) is 5.47. The number of hydrogen-bond donors (Lipinski definition) is 0. The van der Waals surface area contributed by atoms with Gasteiger partial charge in [-0.1, -0.05) is 188 Å². The Morgan fingerprint density at radius 3 is 0.983 bits per heavy atom. The molecule has 1 aromatic heterocycles. The third-order valence-corrected chi connectivity index (χ3v) is 11.0. The van der Waals surface area contributed by atoms with Gasteiger partial charge < -0.3 is 0 Å². The number of benzene rings is 9. The van der Waals surface area contributed by atoms with Crippen molar-refractivity contribution < 1.29 is 0 Å². The molecule has 0 spiro atoms. The van der Waals surface area contributed by atoms with Crippen LogP contribution in [0.2, 0.25) is 0 Å². The zero-order chi connectivity index (χ0) is 38.7. The third kappa shape index (κ3) is 7.14. The van der Waals surface area contributed by atoms with Crippen LogP contribution in [0.5, 0.6) is 0 Å². The summed E-state index contributed by atoms with van der Waals surface area (Å²) in [7, 11) is 0. The average molecular weight is 738 g/mol. The normalized spacial score (nSPS) is 11.1. The minimum Gasteiger partial charge on any atom is -0.247 e. The fourth-order valence-electron chi connectivity index (χ4n) is 8.05. The van der Waals surface area contributed by atoms with Crippen molar-refractivity contribution in [2.45, 2.75) is 0 Å². The van der Waals surface area contributed by atoms with Crippen molar-refractivity contribution >= 4 is 10.8 Å². The first-order valence-corrected chi connectivity index (χ1v) is 19.9. The fraction of sp³-hybridized carbons (Fsp3) is 0. The molecule has 0 aliphatic rings. The van der Waals surface area contributed by atoms with Crippen LogP contribution >= 0.6 is 0 Å². The van der Waals surface area contributed by atoms with E-state index in [2.05, 4.69) is 237 Å². The standard InChI is InChI=1S/C57H39N/c1-4-16-40(17-5-1)43-23-12-24-44(32-43)45-25-13-26-46(33-45)47-27-14-28-48(34-47)49-29-15-30-51(35-49)56-39-50-22-10-11-31-55(50)57(58-56)54-37-52(41-18-6-2-7-19-41)36-53(38-54)42-20-8-3-9-21-42/h1-39H. The van der Waals surface area contributed by atoms with Crippen molar-refractivity contribution in [3.63, 3.8) is 0 Å². The monoisotopic (exact) mass is 737 g/mol. The molecule has 0 aliphatic heterocycles. The number of nitrogens with zero attached hydrogens (tertiary/aromatic N) is 1. The molecule has 0 atom stereocenters. The number of aromatic nitrogens is 1. The second-order valence-electron chi connectivity index (χ2n) is 14.8. The van der Waals surface area contributed by atoms with E-state index in [0.717, 1.165) is 38.9 Å². The van der Waals surface area contributed by atoms with Gasteiger partial charge >= 0.3 is 0 Å². The van der Waals surface area contributed by atoms with Crippen molar-refractivity contribution in [1.82, 2.24) is 4.98 Å². The van der Waals surface area contributed by atoms with Gasteiger partial charge in [0.1, 0.15) is 0 Å². The van der Waals surface area contributed by atoms with Crippen LogP contribution in [0.15, 0.2) is 237 Å². The lowest BCUT2D eigenvalue weighted by atomic mass is 9.92. The summed E-state index contributed by atoms with van der Waals surface area (Å²) >= 11 is 0. The molecule has 10 aromatic rings. The van der Waals surface area contributed by atoms with Crippen molar-refractivity contribution in [1.29, 1.82) is 0 Å². The zero-order valence-corrected chi connectivity index (χ0v) is 32.0. The second kappa shape index (κ2) is 15.5. The van der Waals surface area contributed by atoms with Gasteiger partial charge in [-0.15, -0.1) is 0 Å². The Hall–Kier alpha value is -7.61. The predicted molar refractivity (Wildman–Crippen MR) is 245 cm³/mol. The van der Waals surface area contributed by atoms with Crippen LogP contribution < -0.4 is 0 Å². The van der Waals surface area contributed by atoms with Crippen molar-refractivity contribution in [3.8, 4) is 89.3 Å². The van der Waals surface area contributed by atoms with Gasteiger partial charge in [-0.05, 0) is 121 Å². The molecule has 0 unspecified atom stereocenters.